The first-order valence-electron chi connectivity index (χ1n) is 4.24. The molecule has 0 fully saturated rings. The van der Waals surface area contributed by atoms with Gasteiger partial charge in [0.05, 0.1) is 14.9 Å². The maximum absolute atomic E-state index is 10.9. The maximum atomic E-state index is 10.9. The van der Waals surface area contributed by atoms with Gasteiger partial charge in [-0.25, -0.2) is 16.8 Å². The van der Waals surface area contributed by atoms with Crippen LogP contribution in [0.4, 0.5) is 0 Å². The van der Waals surface area contributed by atoms with Crippen molar-refractivity contribution in [2.24, 2.45) is 0 Å². The summed E-state index contributed by atoms with van der Waals surface area (Å²) < 4.78 is 61.8. The zero-order valence-electron chi connectivity index (χ0n) is 8.46. The fraction of sp³-hybridized carbons (Fsp3) is 0.500. The SMILES string of the molecule is C=CC(C=C)(CCCS(=O)(=O)[O-])S(=O)(=O)[O-]. The first kappa shape index (κ1) is 15.3. The van der Waals surface area contributed by atoms with Crippen molar-refractivity contribution < 1.29 is 25.9 Å². The van der Waals surface area contributed by atoms with E-state index in [1.807, 2.05) is 0 Å². The van der Waals surface area contributed by atoms with Gasteiger partial charge in [-0.3, -0.25) is 0 Å². The van der Waals surface area contributed by atoms with Crippen LogP contribution in [-0.4, -0.2) is 36.4 Å². The Balaban J connectivity index is 4.87. The van der Waals surface area contributed by atoms with Crippen molar-refractivity contribution in [2.45, 2.75) is 17.6 Å². The van der Waals surface area contributed by atoms with Crippen LogP contribution in [0.1, 0.15) is 12.8 Å². The molecule has 0 rings (SSSR count). The summed E-state index contributed by atoms with van der Waals surface area (Å²) in [6, 6.07) is 0. The Hall–Kier alpha value is -0.700. The molecule has 16 heavy (non-hydrogen) atoms. The van der Waals surface area contributed by atoms with Gasteiger partial charge in [0.1, 0.15) is 10.1 Å². The molecule has 0 aliphatic heterocycles. The van der Waals surface area contributed by atoms with E-state index in [-0.39, 0.29) is 12.8 Å². The molecule has 0 saturated carbocycles. The molecule has 0 heterocycles. The van der Waals surface area contributed by atoms with Crippen LogP contribution in [0.3, 0.4) is 0 Å². The fourth-order valence-electron chi connectivity index (χ4n) is 1.14. The molecule has 0 bridgehead atoms. The van der Waals surface area contributed by atoms with Crippen LogP contribution in [0.25, 0.3) is 0 Å². The Kier molecular flexibility index (Phi) is 4.86. The van der Waals surface area contributed by atoms with Gasteiger partial charge in [0.2, 0.25) is 0 Å². The smallest absolute Gasteiger partial charge is 0.108 e. The van der Waals surface area contributed by atoms with Gasteiger partial charge < -0.3 is 9.11 Å². The normalized spacial score (nSPS) is 13.4. The summed E-state index contributed by atoms with van der Waals surface area (Å²) in [5.74, 6) is -0.730. The summed E-state index contributed by atoms with van der Waals surface area (Å²) in [7, 11) is -9.15. The largest absolute Gasteiger partial charge is 0.748 e. The minimum Gasteiger partial charge on any atom is -0.748 e. The Morgan fingerprint density at radius 2 is 1.50 bits per heavy atom. The lowest BCUT2D eigenvalue weighted by Gasteiger charge is -2.30. The van der Waals surface area contributed by atoms with Gasteiger partial charge in [-0.15, -0.1) is 13.2 Å². The summed E-state index contributed by atoms with van der Waals surface area (Å²) >= 11 is 0. The molecule has 0 amide bonds. The Bertz CT molecular complexity index is 451. The van der Waals surface area contributed by atoms with Crippen LogP contribution >= 0.6 is 0 Å². The molecule has 0 aromatic heterocycles. The summed E-state index contributed by atoms with van der Waals surface area (Å²) in [5, 5.41) is 0. The Morgan fingerprint density at radius 3 is 1.75 bits per heavy atom. The van der Waals surface area contributed by atoms with Gasteiger partial charge in [0, 0.05) is 5.75 Å². The molecular weight excluding hydrogens is 256 g/mol. The highest BCUT2D eigenvalue weighted by molar-refractivity contribution is 7.87. The zero-order valence-corrected chi connectivity index (χ0v) is 10.1. The van der Waals surface area contributed by atoms with Crippen LogP contribution in [0.2, 0.25) is 0 Å². The highest BCUT2D eigenvalue weighted by Crippen LogP contribution is 2.25. The monoisotopic (exact) mass is 268 g/mol. The predicted molar refractivity (Wildman–Crippen MR) is 56.6 cm³/mol. The van der Waals surface area contributed by atoms with Crippen molar-refractivity contribution in [1.29, 1.82) is 0 Å². The van der Waals surface area contributed by atoms with Crippen molar-refractivity contribution in [1.82, 2.24) is 0 Å². The lowest BCUT2D eigenvalue weighted by Crippen LogP contribution is -2.34. The van der Waals surface area contributed by atoms with E-state index in [4.69, 9.17) is 0 Å². The quantitative estimate of drug-likeness (QED) is 0.473. The van der Waals surface area contributed by atoms with Crippen LogP contribution in [0.15, 0.2) is 25.3 Å². The molecule has 0 spiro atoms. The first-order chi connectivity index (χ1) is 7.08. The minimum absolute atomic E-state index is 0.245. The van der Waals surface area contributed by atoms with E-state index in [1.54, 1.807) is 0 Å². The topological polar surface area (TPSA) is 114 Å². The van der Waals surface area contributed by atoms with E-state index in [0.29, 0.717) is 0 Å². The highest BCUT2D eigenvalue weighted by atomic mass is 32.2. The van der Waals surface area contributed by atoms with Crippen LogP contribution < -0.4 is 0 Å². The second kappa shape index (κ2) is 5.09. The van der Waals surface area contributed by atoms with Gasteiger partial charge in [-0.2, -0.15) is 0 Å². The third-order valence-corrected chi connectivity index (χ3v) is 4.38. The average molecular weight is 268 g/mol. The van der Waals surface area contributed by atoms with E-state index in [2.05, 4.69) is 13.2 Å². The average Bonchev–Trinajstić information content (AvgIpc) is 2.09. The lowest BCUT2D eigenvalue weighted by atomic mass is 10.0. The lowest BCUT2D eigenvalue weighted by molar-refractivity contribution is 0.432. The molecule has 0 aliphatic rings. The molecule has 0 aliphatic carbocycles. The Morgan fingerprint density at radius 1 is 1.06 bits per heavy atom. The Labute approximate surface area is 95.2 Å². The molecule has 0 aromatic rings. The molecule has 0 atom stereocenters. The molecule has 8 heteroatoms. The standard InChI is InChI=1S/C8H14O6S2/c1-3-8(4-2,16(12,13)14)6-5-7-15(9,10)11/h3-4H,1-2,5-7H2,(H,9,10,11)(H,12,13,14)/p-2. The van der Waals surface area contributed by atoms with Gasteiger partial charge in [0.25, 0.3) is 0 Å². The summed E-state index contributed by atoms with van der Waals surface area (Å²) in [6.07, 6.45) is 1.21. The van der Waals surface area contributed by atoms with Crippen molar-refractivity contribution in [3.8, 4) is 0 Å². The second-order valence-corrected chi connectivity index (χ2v) is 6.37. The van der Waals surface area contributed by atoms with E-state index in [1.165, 1.54) is 0 Å². The molecule has 0 radical (unpaired) electrons. The molecule has 0 unspecified atom stereocenters. The van der Waals surface area contributed by atoms with E-state index >= 15 is 0 Å². The minimum atomic E-state index is -4.73. The molecule has 6 nitrogen and oxygen atoms in total. The maximum Gasteiger partial charge on any atom is 0.108 e. The predicted octanol–water partition coefficient (Wildman–Crippen LogP) is -0.0322. The van der Waals surface area contributed by atoms with Crippen molar-refractivity contribution >= 4 is 20.2 Å². The van der Waals surface area contributed by atoms with E-state index in [9.17, 15) is 25.9 Å². The zero-order chi connectivity index (χ0) is 13.0. The van der Waals surface area contributed by atoms with Gasteiger partial charge in [0.15, 0.2) is 0 Å². The van der Waals surface area contributed by atoms with E-state index < -0.39 is 30.7 Å². The fourth-order valence-corrected chi connectivity index (χ4v) is 2.44. The van der Waals surface area contributed by atoms with E-state index in [0.717, 1.165) is 12.2 Å². The molecule has 94 valence electrons. The summed E-state index contributed by atoms with van der Waals surface area (Å²) in [4.78, 5) is 0. The number of rotatable bonds is 7. The van der Waals surface area contributed by atoms with Crippen LogP contribution in [0.5, 0.6) is 0 Å². The van der Waals surface area contributed by atoms with Crippen molar-refractivity contribution in [3.05, 3.63) is 25.3 Å². The summed E-state index contributed by atoms with van der Waals surface area (Å²) in [5.41, 5.74) is 0. The van der Waals surface area contributed by atoms with Gasteiger partial charge in [-0.05, 0) is 12.8 Å². The van der Waals surface area contributed by atoms with Crippen molar-refractivity contribution in [3.63, 3.8) is 0 Å². The summed E-state index contributed by atoms with van der Waals surface area (Å²) in [6.45, 7) is 6.42. The molecule has 0 aromatic carbocycles. The molecule has 0 saturated heterocycles. The third-order valence-electron chi connectivity index (χ3n) is 2.12. The van der Waals surface area contributed by atoms with Crippen LogP contribution in [-0.2, 0) is 20.2 Å². The highest BCUT2D eigenvalue weighted by Gasteiger charge is 2.30. The third kappa shape index (κ3) is 4.05. The first-order valence-corrected chi connectivity index (χ1v) is 7.23. The second-order valence-electron chi connectivity index (χ2n) is 3.18. The van der Waals surface area contributed by atoms with Crippen LogP contribution in [0, 0.1) is 0 Å². The van der Waals surface area contributed by atoms with Gasteiger partial charge in [-0.1, -0.05) is 12.2 Å². The van der Waals surface area contributed by atoms with Gasteiger partial charge >= 0.3 is 0 Å². The molecule has 0 N–H and O–H groups in total. The number of hydrogen-bond donors (Lipinski definition) is 0. The molecular formula is C8H12O6S2-2. The van der Waals surface area contributed by atoms with Crippen molar-refractivity contribution in [2.75, 3.05) is 5.75 Å². The number of hydrogen-bond acceptors (Lipinski definition) is 6.